The van der Waals surface area contributed by atoms with Gasteiger partial charge in [-0.25, -0.2) is 0 Å². The van der Waals surface area contributed by atoms with Crippen LogP contribution in [0, 0.1) is 18.8 Å². The van der Waals surface area contributed by atoms with Crippen molar-refractivity contribution in [3.63, 3.8) is 0 Å². The van der Waals surface area contributed by atoms with Crippen LogP contribution in [-0.2, 0) is 51.5 Å². The number of nitrogens with one attached hydrogen (secondary N) is 4. The van der Waals surface area contributed by atoms with Crippen LogP contribution in [-0.4, -0.2) is 55.1 Å². The average Bonchev–Trinajstić information content (AvgIpc) is 3.63. The van der Waals surface area contributed by atoms with E-state index in [9.17, 15) is 34.5 Å². The number of aromatic amines is 2. The zero-order chi connectivity index (χ0) is 32.3. The lowest BCUT2D eigenvalue weighted by atomic mass is 9.92. The number of aromatic nitrogens is 2. The van der Waals surface area contributed by atoms with Gasteiger partial charge in [0.1, 0.15) is 0 Å². The first-order valence-electron chi connectivity index (χ1n) is 15.0. The van der Waals surface area contributed by atoms with E-state index in [1.165, 1.54) is 6.08 Å². The number of aliphatic carboxylic acids is 2. The Morgan fingerprint density at radius 3 is 2.16 bits per heavy atom. The fourth-order valence-electron chi connectivity index (χ4n) is 6.56. The summed E-state index contributed by atoms with van der Waals surface area (Å²) in [6.45, 7) is 11.1. The number of rotatable bonds is 14. The molecule has 11 nitrogen and oxygen atoms in total. The standard InChI is InChI=1S/C33H42N4O7/c1-6-19-18(5)32(43)37-26(19)12-24-17(4)21(8-10-30(39)40)27(34-24)14-28-22(9-11-31(41)42)23(15-38)29(35-28)13-25-16(3)20(7-2)33(44)36-25/h7,12,18-19,25,34-35,38H,2,6,8-11,13-15H2,1,3-5H3,(H,36,44)(H,37,43)(H,39,40)(H,41,42)/b26-12+/t18-,19-,25-/m1/s1. The monoisotopic (exact) mass is 606 g/mol. The van der Waals surface area contributed by atoms with Crippen molar-refractivity contribution in [2.75, 3.05) is 0 Å². The van der Waals surface area contributed by atoms with E-state index in [4.69, 9.17) is 0 Å². The van der Waals surface area contributed by atoms with Gasteiger partial charge in [0, 0.05) is 77.1 Å². The molecule has 0 radical (unpaired) electrons. The molecular weight excluding hydrogens is 564 g/mol. The van der Waals surface area contributed by atoms with E-state index in [1.54, 1.807) is 0 Å². The smallest absolute Gasteiger partial charge is 0.303 e. The zero-order valence-electron chi connectivity index (χ0n) is 25.7. The molecule has 1 fully saturated rings. The van der Waals surface area contributed by atoms with E-state index < -0.39 is 11.9 Å². The van der Waals surface area contributed by atoms with E-state index in [0.717, 1.165) is 40.2 Å². The van der Waals surface area contributed by atoms with Gasteiger partial charge in [0.05, 0.1) is 12.6 Å². The summed E-state index contributed by atoms with van der Waals surface area (Å²) in [6, 6.07) is -0.313. The molecule has 2 aromatic heterocycles. The topological polar surface area (TPSA) is 185 Å². The first-order valence-corrected chi connectivity index (χ1v) is 15.0. The molecule has 7 N–H and O–H groups in total. The van der Waals surface area contributed by atoms with Gasteiger partial charge in [0.15, 0.2) is 0 Å². The number of H-pyrrole nitrogens is 2. The van der Waals surface area contributed by atoms with Crippen molar-refractivity contribution in [1.82, 2.24) is 20.6 Å². The second-order valence-corrected chi connectivity index (χ2v) is 11.7. The molecule has 0 bridgehead atoms. The molecule has 0 aliphatic carbocycles. The molecule has 0 unspecified atom stereocenters. The van der Waals surface area contributed by atoms with Crippen molar-refractivity contribution in [2.24, 2.45) is 11.8 Å². The molecule has 11 heteroatoms. The normalized spacial score (nSPS) is 20.8. The predicted molar refractivity (Wildman–Crippen MR) is 165 cm³/mol. The number of allylic oxidation sites excluding steroid dienone is 1. The highest BCUT2D eigenvalue weighted by Gasteiger charge is 2.34. The quantitative estimate of drug-likeness (QED) is 0.172. The number of hydrogen-bond acceptors (Lipinski definition) is 5. The largest absolute Gasteiger partial charge is 0.481 e. The van der Waals surface area contributed by atoms with Crippen LogP contribution in [0.25, 0.3) is 6.08 Å². The molecule has 44 heavy (non-hydrogen) atoms. The van der Waals surface area contributed by atoms with Crippen LogP contribution in [0.1, 0.15) is 85.1 Å². The van der Waals surface area contributed by atoms with Gasteiger partial charge in [-0.2, -0.15) is 0 Å². The van der Waals surface area contributed by atoms with Crippen molar-refractivity contribution >= 4 is 29.8 Å². The van der Waals surface area contributed by atoms with Crippen LogP contribution < -0.4 is 10.6 Å². The van der Waals surface area contributed by atoms with E-state index in [1.807, 2.05) is 33.8 Å². The van der Waals surface area contributed by atoms with Crippen molar-refractivity contribution < 1.29 is 34.5 Å². The Kier molecular flexibility index (Phi) is 9.98. The maximum Gasteiger partial charge on any atom is 0.303 e. The number of aliphatic hydroxyl groups is 1. The van der Waals surface area contributed by atoms with E-state index >= 15 is 0 Å². The highest BCUT2D eigenvalue weighted by molar-refractivity contribution is 6.00. The SMILES string of the molecule is C=CC1=C(C)[C@@H](Cc2[nH]c(Cc3[nH]c(/C=C4/NC(=O)[C@H](C)[C@H]4CC)c(C)c3CCC(=O)O)c(CCC(=O)O)c2CO)NC1=O. The highest BCUT2D eigenvalue weighted by Crippen LogP contribution is 2.33. The molecule has 2 aliphatic rings. The molecule has 2 aliphatic heterocycles. The predicted octanol–water partition coefficient (Wildman–Crippen LogP) is 3.45. The number of carboxylic acid groups (broad SMARTS) is 2. The minimum Gasteiger partial charge on any atom is -0.481 e. The second kappa shape index (κ2) is 13.5. The maximum absolute atomic E-state index is 12.4. The Bertz CT molecular complexity index is 1560. The molecule has 4 rings (SSSR count). The second-order valence-electron chi connectivity index (χ2n) is 11.7. The minimum absolute atomic E-state index is 0.0269. The Hall–Kier alpha value is -4.38. The van der Waals surface area contributed by atoms with Gasteiger partial charge >= 0.3 is 11.9 Å². The third-order valence-electron chi connectivity index (χ3n) is 9.12. The number of aliphatic hydroxyl groups excluding tert-OH is 1. The number of carbonyl (C=O) groups excluding carboxylic acids is 2. The van der Waals surface area contributed by atoms with Gasteiger partial charge < -0.3 is 35.9 Å². The number of carboxylic acids is 2. The summed E-state index contributed by atoms with van der Waals surface area (Å²) in [6.07, 6.45) is 5.17. The van der Waals surface area contributed by atoms with Gasteiger partial charge in [-0.05, 0) is 61.4 Å². The summed E-state index contributed by atoms with van der Waals surface area (Å²) in [7, 11) is 0. The van der Waals surface area contributed by atoms with Gasteiger partial charge in [-0.1, -0.05) is 26.5 Å². The summed E-state index contributed by atoms with van der Waals surface area (Å²) in [4.78, 5) is 54.8. The first-order chi connectivity index (χ1) is 20.9. The van der Waals surface area contributed by atoms with Crippen molar-refractivity contribution in [1.29, 1.82) is 0 Å². The summed E-state index contributed by atoms with van der Waals surface area (Å²) < 4.78 is 0. The lowest BCUT2D eigenvalue weighted by Gasteiger charge is -2.13. The van der Waals surface area contributed by atoms with Crippen LogP contribution in [0.4, 0.5) is 0 Å². The van der Waals surface area contributed by atoms with E-state index in [0.29, 0.717) is 40.9 Å². The molecule has 236 valence electrons. The van der Waals surface area contributed by atoms with E-state index in [-0.39, 0.29) is 62.0 Å². The van der Waals surface area contributed by atoms with Crippen LogP contribution in [0.3, 0.4) is 0 Å². The third-order valence-corrected chi connectivity index (χ3v) is 9.12. The van der Waals surface area contributed by atoms with Crippen molar-refractivity contribution in [2.45, 2.75) is 85.3 Å². The van der Waals surface area contributed by atoms with Crippen molar-refractivity contribution in [3.8, 4) is 0 Å². The molecule has 0 spiro atoms. The molecular formula is C33H42N4O7. The summed E-state index contributed by atoms with van der Waals surface area (Å²) in [5.74, 6) is -2.23. The molecule has 2 amide bonds. The molecule has 0 saturated carbocycles. The minimum atomic E-state index is -0.967. The van der Waals surface area contributed by atoms with Gasteiger partial charge in [-0.3, -0.25) is 19.2 Å². The molecule has 0 aromatic carbocycles. The lowest BCUT2D eigenvalue weighted by molar-refractivity contribution is -0.138. The molecule has 3 atom stereocenters. The summed E-state index contributed by atoms with van der Waals surface area (Å²) in [5.41, 5.74) is 8.14. The summed E-state index contributed by atoms with van der Waals surface area (Å²) in [5, 5.41) is 35.3. The zero-order valence-corrected chi connectivity index (χ0v) is 25.7. The Morgan fingerprint density at radius 1 is 0.955 bits per heavy atom. The first kappa shape index (κ1) is 32.5. The number of hydrogen-bond donors (Lipinski definition) is 7. The van der Waals surface area contributed by atoms with Gasteiger partial charge in [0.2, 0.25) is 5.91 Å². The van der Waals surface area contributed by atoms with Gasteiger partial charge in [0.25, 0.3) is 5.91 Å². The molecule has 1 saturated heterocycles. The van der Waals surface area contributed by atoms with Gasteiger partial charge in [-0.15, -0.1) is 0 Å². The van der Waals surface area contributed by atoms with Crippen LogP contribution >= 0.6 is 0 Å². The Labute approximate surface area is 256 Å². The highest BCUT2D eigenvalue weighted by atomic mass is 16.4. The fourth-order valence-corrected chi connectivity index (χ4v) is 6.56. The van der Waals surface area contributed by atoms with Crippen LogP contribution in [0.2, 0.25) is 0 Å². The fraction of sp³-hybridized carbons (Fsp3) is 0.455. The average molecular weight is 607 g/mol. The Balaban J connectivity index is 1.77. The van der Waals surface area contributed by atoms with Crippen LogP contribution in [0.5, 0.6) is 0 Å². The lowest BCUT2D eigenvalue weighted by Crippen LogP contribution is -2.30. The van der Waals surface area contributed by atoms with Crippen molar-refractivity contribution in [3.05, 3.63) is 74.5 Å². The summed E-state index contributed by atoms with van der Waals surface area (Å²) >= 11 is 0. The number of amides is 2. The van der Waals surface area contributed by atoms with Crippen LogP contribution in [0.15, 0.2) is 29.5 Å². The molecule has 4 heterocycles. The molecule has 2 aromatic rings. The number of carbonyl (C=O) groups is 4. The maximum atomic E-state index is 12.4. The van der Waals surface area contributed by atoms with E-state index in [2.05, 4.69) is 27.2 Å². The Morgan fingerprint density at radius 2 is 1.59 bits per heavy atom. The third kappa shape index (κ3) is 6.57.